The van der Waals surface area contributed by atoms with Crippen LogP contribution in [0.25, 0.3) is 0 Å². The molecule has 7 nitrogen and oxygen atoms in total. The number of aromatic nitrogens is 1. The fraction of sp³-hybridized carbons (Fsp3) is 0.389. The first-order valence-corrected chi connectivity index (χ1v) is 10.0. The van der Waals surface area contributed by atoms with Gasteiger partial charge in [0.2, 0.25) is 10.0 Å². The first-order chi connectivity index (χ1) is 12.5. The molecule has 0 amide bonds. The molecule has 26 heavy (non-hydrogen) atoms. The van der Waals surface area contributed by atoms with E-state index in [1.165, 1.54) is 10.5 Å². The number of pyridine rings is 1. The number of anilines is 1. The summed E-state index contributed by atoms with van der Waals surface area (Å²) in [4.78, 5) is 6.52. The van der Waals surface area contributed by atoms with Gasteiger partial charge in [0.15, 0.2) is 0 Å². The Bertz CT molecular complexity index is 804. The molecule has 1 aromatic heterocycles. The van der Waals surface area contributed by atoms with Crippen molar-refractivity contribution in [3.05, 3.63) is 54.2 Å². The van der Waals surface area contributed by atoms with E-state index in [1.54, 1.807) is 12.1 Å². The lowest BCUT2D eigenvalue weighted by molar-refractivity contribution is 0.222. The van der Waals surface area contributed by atoms with Crippen LogP contribution in [0.2, 0.25) is 0 Å². The Morgan fingerprint density at radius 3 is 2.38 bits per heavy atom. The van der Waals surface area contributed by atoms with Crippen molar-refractivity contribution >= 4 is 15.8 Å². The van der Waals surface area contributed by atoms with Crippen molar-refractivity contribution in [3.63, 3.8) is 0 Å². The van der Waals surface area contributed by atoms with Gasteiger partial charge in [-0.1, -0.05) is 30.3 Å². The molecule has 3 rings (SSSR count). The van der Waals surface area contributed by atoms with Crippen LogP contribution in [-0.2, 0) is 10.0 Å². The van der Waals surface area contributed by atoms with Crippen molar-refractivity contribution in [1.29, 1.82) is 0 Å². The molecular weight excluding hydrogens is 352 g/mol. The zero-order chi connectivity index (χ0) is 18.6. The van der Waals surface area contributed by atoms with E-state index in [2.05, 4.69) is 15.2 Å². The van der Waals surface area contributed by atoms with Crippen LogP contribution in [0, 0.1) is 0 Å². The van der Waals surface area contributed by atoms with Crippen molar-refractivity contribution in [1.82, 2.24) is 14.2 Å². The van der Waals surface area contributed by atoms with Gasteiger partial charge in [0.05, 0.1) is 12.6 Å². The van der Waals surface area contributed by atoms with Crippen LogP contribution in [-0.4, -0.2) is 67.5 Å². The Kier molecular flexibility index (Phi) is 5.87. The van der Waals surface area contributed by atoms with Gasteiger partial charge in [-0.3, -0.25) is 0 Å². The van der Waals surface area contributed by atoms with Crippen LogP contribution in [0.4, 0.5) is 5.82 Å². The van der Waals surface area contributed by atoms with Crippen molar-refractivity contribution in [3.8, 4) is 0 Å². The number of likely N-dealkylation sites (N-methyl/N-ethyl adjacent to an activating group) is 1. The molecule has 2 N–H and O–H groups in total. The van der Waals surface area contributed by atoms with Gasteiger partial charge in [0.25, 0.3) is 0 Å². The fourth-order valence-electron chi connectivity index (χ4n) is 2.89. The van der Waals surface area contributed by atoms with Gasteiger partial charge in [0.1, 0.15) is 10.7 Å². The zero-order valence-corrected chi connectivity index (χ0v) is 15.6. The first-order valence-electron chi connectivity index (χ1n) is 8.58. The predicted molar refractivity (Wildman–Crippen MR) is 100 cm³/mol. The molecule has 2 heterocycles. The van der Waals surface area contributed by atoms with Crippen LogP contribution >= 0.6 is 0 Å². The monoisotopic (exact) mass is 376 g/mol. The highest BCUT2D eigenvalue weighted by Gasteiger charge is 2.27. The van der Waals surface area contributed by atoms with Crippen LogP contribution < -0.4 is 5.32 Å². The normalized spacial score (nSPS) is 17.8. The summed E-state index contributed by atoms with van der Waals surface area (Å²) < 4.78 is 26.9. The molecule has 2 aromatic rings. The molecule has 0 aliphatic carbocycles. The Morgan fingerprint density at radius 1 is 1.12 bits per heavy atom. The van der Waals surface area contributed by atoms with Gasteiger partial charge in [0, 0.05) is 32.4 Å². The summed E-state index contributed by atoms with van der Waals surface area (Å²) in [6.45, 7) is 2.33. The highest BCUT2D eigenvalue weighted by atomic mass is 32.2. The number of aliphatic hydroxyl groups is 1. The minimum absolute atomic E-state index is 0.0902. The Balaban J connectivity index is 1.72. The number of nitrogens with one attached hydrogen (secondary N) is 1. The molecule has 0 spiro atoms. The molecule has 140 valence electrons. The SMILES string of the molecule is CN1CCN(S(=O)(=O)c2ccc(NC(CO)c3ccccc3)nc2)CC1. The Morgan fingerprint density at radius 2 is 1.81 bits per heavy atom. The first kappa shape index (κ1) is 18.8. The molecule has 8 heteroatoms. The molecule has 0 saturated carbocycles. The van der Waals surface area contributed by atoms with Crippen molar-refractivity contribution < 1.29 is 13.5 Å². The fourth-order valence-corrected chi connectivity index (χ4v) is 4.26. The highest BCUT2D eigenvalue weighted by Crippen LogP contribution is 2.21. The van der Waals surface area contributed by atoms with E-state index >= 15 is 0 Å². The molecule has 1 aliphatic rings. The van der Waals surface area contributed by atoms with E-state index in [9.17, 15) is 13.5 Å². The third-order valence-corrected chi connectivity index (χ3v) is 6.43. The molecular formula is C18H24N4O3S. The summed E-state index contributed by atoms with van der Waals surface area (Å²) >= 11 is 0. The van der Waals surface area contributed by atoms with Crippen LogP contribution in [0.15, 0.2) is 53.6 Å². The van der Waals surface area contributed by atoms with Gasteiger partial charge >= 0.3 is 0 Å². The number of hydrogen-bond donors (Lipinski definition) is 2. The van der Waals surface area contributed by atoms with Crippen molar-refractivity contribution in [2.45, 2.75) is 10.9 Å². The summed E-state index contributed by atoms with van der Waals surface area (Å²) in [5.41, 5.74) is 0.936. The lowest BCUT2D eigenvalue weighted by atomic mass is 10.1. The average molecular weight is 376 g/mol. The lowest BCUT2D eigenvalue weighted by Crippen LogP contribution is -2.47. The minimum Gasteiger partial charge on any atom is -0.394 e. The van der Waals surface area contributed by atoms with Gasteiger partial charge < -0.3 is 15.3 Å². The maximum atomic E-state index is 12.7. The van der Waals surface area contributed by atoms with E-state index in [-0.39, 0.29) is 17.5 Å². The third-order valence-electron chi connectivity index (χ3n) is 4.54. The maximum Gasteiger partial charge on any atom is 0.244 e. The Labute approximate surface area is 154 Å². The van der Waals surface area contributed by atoms with E-state index in [4.69, 9.17) is 0 Å². The Hall–Kier alpha value is -2.00. The average Bonchev–Trinajstić information content (AvgIpc) is 2.67. The maximum absolute atomic E-state index is 12.7. The topological polar surface area (TPSA) is 85.8 Å². The van der Waals surface area contributed by atoms with Gasteiger partial charge in [-0.15, -0.1) is 0 Å². The summed E-state index contributed by atoms with van der Waals surface area (Å²) in [5, 5.41) is 12.8. The third kappa shape index (κ3) is 4.21. The van der Waals surface area contributed by atoms with Crippen molar-refractivity contribution in [2.24, 2.45) is 0 Å². The lowest BCUT2D eigenvalue weighted by Gasteiger charge is -2.31. The largest absolute Gasteiger partial charge is 0.394 e. The molecule has 0 bridgehead atoms. The van der Waals surface area contributed by atoms with Crippen LogP contribution in [0.5, 0.6) is 0 Å². The number of benzene rings is 1. The van der Waals surface area contributed by atoms with E-state index < -0.39 is 10.0 Å². The molecule has 1 unspecified atom stereocenters. The number of sulfonamides is 1. The second kappa shape index (κ2) is 8.13. The minimum atomic E-state index is -3.52. The molecule has 1 aliphatic heterocycles. The quantitative estimate of drug-likeness (QED) is 0.787. The number of rotatable bonds is 6. The van der Waals surface area contributed by atoms with Gasteiger partial charge in [-0.2, -0.15) is 4.31 Å². The van der Waals surface area contributed by atoms with Gasteiger partial charge in [-0.05, 0) is 24.7 Å². The van der Waals surface area contributed by atoms with E-state index in [0.29, 0.717) is 18.9 Å². The van der Waals surface area contributed by atoms with E-state index in [0.717, 1.165) is 18.7 Å². The van der Waals surface area contributed by atoms with Crippen LogP contribution in [0.3, 0.4) is 0 Å². The highest BCUT2D eigenvalue weighted by molar-refractivity contribution is 7.89. The molecule has 1 aromatic carbocycles. The smallest absolute Gasteiger partial charge is 0.244 e. The second-order valence-electron chi connectivity index (χ2n) is 6.38. The summed E-state index contributed by atoms with van der Waals surface area (Å²) in [7, 11) is -1.54. The molecule has 0 radical (unpaired) electrons. The number of hydrogen-bond acceptors (Lipinski definition) is 6. The standard InChI is InChI=1S/C18H24N4O3S/c1-21-9-11-22(12-10-21)26(24,25)16-7-8-18(19-13-16)20-17(14-23)15-5-3-2-4-6-15/h2-8,13,17,23H,9-12,14H2,1H3,(H,19,20). The zero-order valence-electron chi connectivity index (χ0n) is 14.7. The molecule has 1 fully saturated rings. The second-order valence-corrected chi connectivity index (χ2v) is 8.31. The van der Waals surface area contributed by atoms with E-state index in [1.807, 2.05) is 37.4 Å². The molecule has 1 saturated heterocycles. The summed E-state index contributed by atoms with van der Waals surface area (Å²) in [6, 6.07) is 12.4. The molecule has 1 atom stereocenters. The van der Waals surface area contributed by atoms with Gasteiger partial charge in [-0.25, -0.2) is 13.4 Å². The number of aliphatic hydroxyl groups excluding tert-OH is 1. The van der Waals surface area contributed by atoms with Crippen molar-refractivity contribution in [2.75, 3.05) is 45.2 Å². The number of piperazine rings is 1. The summed E-state index contributed by atoms with van der Waals surface area (Å²) in [6.07, 6.45) is 1.37. The number of nitrogens with zero attached hydrogens (tertiary/aromatic N) is 3. The summed E-state index contributed by atoms with van der Waals surface area (Å²) in [5.74, 6) is 0.519. The van der Waals surface area contributed by atoms with Crippen LogP contribution in [0.1, 0.15) is 11.6 Å². The predicted octanol–water partition coefficient (Wildman–Crippen LogP) is 1.16.